The molecule has 2 heterocycles. The molecule has 2 heteroatoms. The molecule has 0 amide bonds. The molecule has 0 radical (unpaired) electrons. The van der Waals surface area contributed by atoms with Crippen molar-refractivity contribution in [1.29, 1.82) is 0 Å². The van der Waals surface area contributed by atoms with E-state index in [-0.39, 0.29) is 0 Å². The van der Waals surface area contributed by atoms with Crippen LogP contribution in [0.3, 0.4) is 0 Å². The highest BCUT2D eigenvalue weighted by molar-refractivity contribution is 6.41. The van der Waals surface area contributed by atoms with Gasteiger partial charge in [-0.05, 0) is 91.6 Å². The zero-order valence-corrected chi connectivity index (χ0v) is 23.5. The van der Waals surface area contributed by atoms with Crippen molar-refractivity contribution in [2.24, 2.45) is 0 Å². The van der Waals surface area contributed by atoms with E-state index in [1.165, 1.54) is 53.9 Å². The molecule has 11 rings (SSSR count). The van der Waals surface area contributed by atoms with Crippen LogP contribution in [0.5, 0.6) is 0 Å². The van der Waals surface area contributed by atoms with E-state index in [4.69, 9.17) is 8.83 Å². The Kier molecular flexibility index (Phi) is 4.10. The molecule has 2 nitrogen and oxygen atoms in total. The number of rotatable bonds is 0. The van der Waals surface area contributed by atoms with Crippen LogP contribution < -0.4 is 0 Å². The lowest BCUT2D eigenvalue weighted by molar-refractivity contribution is 0.665. The highest BCUT2D eigenvalue weighted by Gasteiger charge is 2.21. The molecule has 0 atom stereocenters. The molecule has 44 heavy (non-hydrogen) atoms. The quantitative estimate of drug-likeness (QED) is 0.137. The fourth-order valence-corrected chi connectivity index (χ4v) is 7.80. The van der Waals surface area contributed by atoms with Crippen LogP contribution in [0.15, 0.2) is 142 Å². The molecule has 0 saturated heterocycles. The van der Waals surface area contributed by atoms with E-state index in [0.717, 1.165) is 54.6 Å². The largest absolute Gasteiger partial charge is 0.455 e. The zero-order chi connectivity index (χ0) is 28.5. The van der Waals surface area contributed by atoms with Crippen molar-refractivity contribution >= 4 is 109 Å². The first-order valence-electron chi connectivity index (χ1n) is 15.1. The summed E-state index contributed by atoms with van der Waals surface area (Å²) in [4.78, 5) is 0. The van der Waals surface area contributed by atoms with E-state index in [1.807, 2.05) is 0 Å². The number of hydrogen-bond acceptors (Lipinski definition) is 2. The Hall–Kier alpha value is -5.86. The topological polar surface area (TPSA) is 26.3 Å². The van der Waals surface area contributed by atoms with Gasteiger partial charge in [-0.25, -0.2) is 0 Å². The van der Waals surface area contributed by atoms with Crippen molar-refractivity contribution in [2.75, 3.05) is 0 Å². The molecule has 0 aliphatic rings. The lowest BCUT2D eigenvalue weighted by atomic mass is 9.89. The first-order chi connectivity index (χ1) is 21.8. The molecular formula is C42H22O2. The summed E-state index contributed by atoms with van der Waals surface area (Å²) < 4.78 is 13.8. The standard InChI is InChI=1S/C42H22O2/c1-3-9-25-21-33-27(19-23(25)7-1)15-17-31-37-29-11-6-14-36-40(29)38(30-12-5-13-35(39(30)37)43-41(31)33)32-18-16-28-20-24-8-2-4-10-26(24)22-34(28)42(32)44-36/h1-22H. The van der Waals surface area contributed by atoms with Crippen LogP contribution in [0.25, 0.3) is 109 Å². The van der Waals surface area contributed by atoms with E-state index < -0.39 is 0 Å². The predicted molar refractivity (Wildman–Crippen MR) is 186 cm³/mol. The summed E-state index contributed by atoms with van der Waals surface area (Å²) in [5, 5.41) is 18.9. The van der Waals surface area contributed by atoms with Crippen molar-refractivity contribution in [3.05, 3.63) is 133 Å². The summed E-state index contributed by atoms with van der Waals surface area (Å²) in [5.74, 6) is 0. The van der Waals surface area contributed by atoms with Crippen molar-refractivity contribution in [3.63, 3.8) is 0 Å². The third-order valence-electron chi connectivity index (χ3n) is 9.73. The Morgan fingerprint density at radius 2 is 0.705 bits per heavy atom. The van der Waals surface area contributed by atoms with Crippen LogP contribution in [-0.4, -0.2) is 0 Å². The maximum atomic E-state index is 6.88. The predicted octanol–water partition coefficient (Wildman–Crippen LogP) is 12.4. The molecule has 0 fully saturated rings. The summed E-state index contributed by atoms with van der Waals surface area (Å²) in [7, 11) is 0. The molecule has 0 aliphatic heterocycles. The molecule has 202 valence electrons. The molecular weight excluding hydrogens is 536 g/mol. The minimum absolute atomic E-state index is 0.897. The summed E-state index contributed by atoms with van der Waals surface area (Å²) >= 11 is 0. The SMILES string of the molecule is c1ccc2cc3c(ccc4c3oc3cccc5c3c4c3cccc4oc6c7cc8ccccc8cc7ccc6c5c43)cc2c1. The highest BCUT2D eigenvalue weighted by atomic mass is 16.3. The monoisotopic (exact) mass is 558 g/mol. The Morgan fingerprint density at radius 3 is 1.16 bits per heavy atom. The molecule has 0 spiro atoms. The molecule has 9 aromatic carbocycles. The van der Waals surface area contributed by atoms with Crippen LogP contribution >= 0.6 is 0 Å². The summed E-state index contributed by atoms with van der Waals surface area (Å²) in [6.45, 7) is 0. The van der Waals surface area contributed by atoms with E-state index in [2.05, 4.69) is 133 Å². The Bertz CT molecular complexity index is 2840. The molecule has 0 bridgehead atoms. The number of benzene rings is 9. The normalized spacial score (nSPS) is 12.5. The Morgan fingerprint density at radius 1 is 0.273 bits per heavy atom. The van der Waals surface area contributed by atoms with Crippen molar-refractivity contribution in [3.8, 4) is 0 Å². The fourth-order valence-electron chi connectivity index (χ4n) is 7.80. The second kappa shape index (κ2) is 7.94. The van der Waals surface area contributed by atoms with Gasteiger partial charge < -0.3 is 8.83 Å². The van der Waals surface area contributed by atoms with Crippen LogP contribution in [-0.2, 0) is 0 Å². The van der Waals surface area contributed by atoms with Gasteiger partial charge in [-0.3, -0.25) is 0 Å². The van der Waals surface area contributed by atoms with Crippen LogP contribution in [0.4, 0.5) is 0 Å². The van der Waals surface area contributed by atoms with Gasteiger partial charge in [-0.2, -0.15) is 0 Å². The van der Waals surface area contributed by atoms with Gasteiger partial charge in [0.15, 0.2) is 0 Å². The first kappa shape index (κ1) is 22.7. The molecule has 0 aliphatic carbocycles. The third-order valence-corrected chi connectivity index (χ3v) is 9.73. The first-order valence-corrected chi connectivity index (χ1v) is 15.1. The number of hydrogen-bond donors (Lipinski definition) is 0. The van der Waals surface area contributed by atoms with Gasteiger partial charge in [0.05, 0.1) is 0 Å². The van der Waals surface area contributed by atoms with Gasteiger partial charge in [0.1, 0.15) is 22.3 Å². The molecule has 2 aromatic heterocycles. The van der Waals surface area contributed by atoms with E-state index >= 15 is 0 Å². The van der Waals surface area contributed by atoms with Crippen LogP contribution in [0.2, 0.25) is 0 Å². The zero-order valence-electron chi connectivity index (χ0n) is 23.5. The van der Waals surface area contributed by atoms with Crippen molar-refractivity contribution in [1.82, 2.24) is 0 Å². The second-order valence-corrected chi connectivity index (χ2v) is 12.0. The van der Waals surface area contributed by atoms with Crippen molar-refractivity contribution < 1.29 is 8.83 Å². The van der Waals surface area contributed by atoms with Gasteiger partial charge in [-0.15, -0.1) is 0 Å². The Balaban J connectivity index is 1.38. The van der Waals surface area contributed by atoms with E-state index in [1.54, 1.807) is 0 Å². The molecule has 11 aromatic rings. The molecule has 0 N–H and O–H groups in total. The molecule has 0 saturated carbocycles. The summed E-state index contributed by atoms with van der Waals surface area (Å²) in [6, 6.07) is 48.1. The summed E-state index contributed by atoms with van der Waals surface area (Å²) in [6.07, 6.45) is 0. The average molecular weight is 559 g/mol. The Labute approximate surface area is 250 Å². The van der Waals surface area contributed by atoms with E-state index in [0.29, 0.717) is 0 Å². The van der Waals surface area contributed by atoms with Gasteiger partial charge in [0.25, 0.3) is 0 Å². The smallest absolute Gasteiger partial charge is 0.143 e. The molecule has 0 unspecified atom stereocenters. The lowest BCUT2D eigenvalue weighted by Gasteiger charge is -2.18. The van der Waals surface area contributed by atoms with Crippen molar-refractivity contribution in [2.45, 2.75) is 0 Å². The third kappa shape index (κ3) is 2.80. The highest BCUT2D eigenvalue weighted by Crippen LogP contribution is 2.48. The van der Waals surface area contributed by atoms with E-state index in [9.17, 15) is 0 Å². The minimum atomic E-state index is 0.897. The lowest BCUT2D eigenvalue weighted by Crippen LogP contribution is -1.91. The minimum Gasteiger partial charge on any atom is -0.455 e. The maximum absolute atomic E-state index is 6.88. The van der Waals surface area contributed by atoms with Gasteiger partial charge in [0.2, 0.25) is 0 Å². The summed E-state index contributed by atoms with van der Waals surface area (Å²) in [5.41, 5.74) is 3.64. The van der Waals surface area contributed by atoms with Gasteiger partial charge in [0, 0.05) is 43.1 Å². The number of fused-ring (bicyclic) bond motifs is 12. The fraction of sp³-hybridized carbons (Fsp3) is 0. The van der Waals surface area contributed by atoms with Crippen LogP contribution in [0, 0.1) is 0 Å². The van der Waals surface area contributed by atoms with Gasteiger partial charge >= 0.3 is 0 Å². The van der Waals surface area contributed by atoms with Crippen LogP contribution in [0.1, 0.15) is 0 Å². The second-order valence-electron chi connectivity index (χ2n) is 12.0. The maximum Gasteiger partial charge on any atom is 0.143 e. The average Bonchev–Trinajstić information content (AvgIpc) is 3.07. The van der Waals surface area contributed by atoms with Gasteiger partial charge in [-0.1, -0.05) is 84.9 Å².